The summed E-state index contributed by atoms with van der Waals surface area (Å²) in [5.74, 6) is 1.81. The Morgan fingerprint density at radius 2 is 1.81 bits per heavy atom. The number of rotatable bonds is 5. The maximum Gasteiger partial charge on any atom is 0.144 e. The Balaban J connectivity index is 2.22. The number of imidazole rings is 1. The second kappa shape index (κ2) is 7.16. The molecule has 26 heavy (non-hydrogen) atoms. The van der Waals surface area contributed by atoms with Crippen molar-refractivity contribution in [3.05, 3.63) is 59.7 Å². The number of pyridine rings is 1. The zero-order valence-corrected chi connectivity index (χ0v) is 17.0. The van der Waals surface area contributed by atoms with Crippen molar-refractivity contribution < 1.29 is 4.74 Å². The number of thioether (sulfide) groups is 1. The molecule has 5 heteroatoms. The van der Waals surface area contributed by atoms with Gasteiger partial charge in [-0.2, -0.15) is 11.8 Å². The van der Waals surface area contributed by atoms with Gasteiger partial charge in [-0.05, 0) is 68.8 Å². The van der Waals surface area contributed by atoms with Gasteiger partial charge in [0.25, 0.3) is 0 Å². The minimum atomic E-state index is -0.0512. The van der Waals surface area contributed by atoms with Crippen LogP contribution in [0.4, 0.5) is 0 Å². The third kappa shape index (κ3) is 3.23. The van der Waals surface area contributed by atoms with E-state index in [1.165, 1.54) is 5.56 Å². The lowest BCUT2D eigenvalue weighted by Gasteiger charge is -2.25. The number of hydrogen-bond donors (Lipinski definition) is 0. The van der Waals surface area contributed by atoms with E-state index < -0.39 is 0 Å². The highest BCUT2D eigenvalue weighted by Gasteiger charge is 2.25. The van der Waals surface area contributed by atoms with Crippen molar-refractivity contribution in [2.45, 2.75) is 32.4 Å². The second-order valence-electron chi connectivity index (χ2n) is 6.87. The Morgan fingerprint density at radius 3 is 2.42 bits per heavy atom. The van der Waals surface area contributed by atoms with Crippen LogP contribution in [0.2, 0.25) is 0 Å². The number of hydrogen-bond acceptors (Lipinski definition) is 4. The molecule has 0 aliphatic rings. The second-order valence-corrected chi connectivity index (χ2v) is 8.30. The quantitative estimate of drug-likeness (QED) is 0.625. The fourth-order valence-corrected chi connectivity index (χ4v) is 3.66. The molecule has 0 aliphatic heterocycles. The number of aromatic nitrogens is 3. The fourth-order valence-electron chi connectivity index (χ4n) is 3.28. The summed E-state index contributed by atoms with van der Waals surface area (Å²) in [5.41, 5.74) is 5.74. The molecule has 4 nitrogen and oxygen atoms in total. The molecule has 1 aromatic carbocycles. The molecular weight excluding hydrogens is 342 g/mol. The molecule has 3 aromatic rings. The first kappa shape index (κ1) is 18.5. The van der Waals surface area contributed by atoms with Crippen molar-refractivity contribution >= 4 is 11.8 Å². The molecule has 136 valence electrons. The average molecular weight is 368 g/mol. The van der Waals surface area contributed by atoms with Crippen LogP contribution in [-0.2, 0) is 4.75 Å². The highest BCUT2D eigenvalue weighted by molar-refractivity contribution is 7.99. The van der Waals surface area contributed by atoms with E-state index in [1.807, 2.05) is 36.5 Å². The summed E-state index contributed by atoms with van der Waals surface area (Å²) in [4.78, 5) is 9.05. The minimum absolute atomic E-state index is 0.0512. The van der Waals surface area contributed by atoms with Crippen LogP contribution < -0.4 is 4.74 Å². The number of ether oxygens (including phenoxy) is 1. The van der Waals surface area contributed by atoms with Crippen LogP contribution in [0.15, 0.2) is 43.0 Å². The summed E-state index contributed by atoms with van der Waals surface area (Å²) in [5, 5.41) is 0. The molecule has 0 fully saturated rings. The van der Waals surface area contributed by atoms with Crippen molar-refractivity contribution in [2.75, 3.05) is 13.4 Å². The standard InChI is InChI=1S/C21H25N3OS/c1-14-11-16(25-5)12-15(2)19(14)24-10-9-23-20(24)17-7-8-22-13-18(17)21(3,4)26-6/h7-13H,1-6H3. The van der Waals surface area contributed by atoms with Gasteiger partial charge in [0.1, 0.15) is 11.6 Å². The first-order valence-electron chi connectivity index (χ1n) is 8.58. The van der Waals surface area contributed by atoms with E-state index in [0.29, 0.717) is 0 Å². The van der Waals surface area contributed by atoms with E-state index in [-0.39, 0.29) is 4.75 Å². The molecule has 0 N–H and O–H groups in total. The number of aryl methyl sites for hydroxylation is 2. The molecule has 0 saturated carbocycles. The lowest BCUT2D eigenvalue weighted by Crippen LogP contribution is -2.14. The number of benzene rings is 1. The van der Waals surface area contributed by atoms with Crippen molar-refractivity contribution in [3.63, 3.8) is 0 Å². The molecule has 2 heterocycles. The smallest absolute Gasteiger partial charge is 0.144 e. The lowest BCUT2D eigenvalue weighted by molar-refractivity contribution is 0.414. The average Bonchev–Trinajstić information content (AvgIpc) is 3.10. The van der Waals surface area contributed by atoms with E-state index in [2.05, 4.69) is 61.7 Å². The third-order valence-corrected chi connectivity index (χ3v) is 6.04. The topological polar surface area (TPSA) is 39.9 Å². The van der Waals surface area contributed by atoms with Gasteiger partial charge in [-0.15, -0.1) is 0 Å². The summed E-state index contributed by atoms with van der Waals surface area (Å²) in [6, 6.07) is 6.18. The van der Waals surface area contributed by atoms with Gasteiger partial charge in [0.15, 0.2) is 0 Å². The van der Waals surface area contributed by atoms with Gasteiger partial charge in [0.2, 0.25) is 0 Å². The van der Waals surface area contributed by atoms with Crippen LogP contribution >= 0.6 is 11.8 Å². The van der Waals surface area contributed by atoms with E-state index in [1.54, 1.807) is 7.11 Å². The monoisotopic (exact) mass is 367 g/mol. The van der Waals surface area contributed by atoms with Gasteiger partial charge in [-0.3, -0.25) is 9.55 Å². The normalized spacial score (nSPS) is 11.6. The van der Waals surface area contributed by atoms with Crippen LogP contribution in [0.25, 0.3) is 17.1 Å². The van der Waals surface area contributed by atoms with Crippen molar-refractivity contribution in [1.82, 2.24) is 14.5 Å². The molecule has 0 atom stereocenters. The zero-order chi connectivity index (χ0) is 18.9. The first-order chi connectivity index (χ1) is 12.4. The van der Waals surface area contributed by atoms with Crippen LogP contribution in [-0.4, -0.2) is 27.9 Å². The van der Waals surface area contributed by atoms with Gasteiger partial charge >= 0.3 is 0 Å². The molecule has 0 radical (unpaired) electrons. The highest BCUT2D eigenvalue weighted by atomic mass is 32.2. The van der Waals surface area contributed by atoms with Crippen LogP contribution in [0, 0.1) is 13.8 Å². The Labute approximate surface area is 159 Å². The zero-order valence-electron chi connectivity index (χ0n) is 16.2. The van der Waals surface area contributed by atoms with Crippen molar-refractivity contribution in [1.29, 1.82) is 0 Å². The molecule has 0 unspecified atom stereocenters. The van der Waals surface area contributed by atoms with Crippen molar-refractivity contribution in [3.8, 4) is 22.8 Å². The number of methoxy groups -OCH3 is 1. The molecule has 0 bridgehead atoms. The summed E-state index contributed by atoms with van der Waals surface area (Å²) >= 11 is 1.81. The minimum Gasteiger partial charge on any atom is -0.497 e. The Morgan fingerprint density at radius 1 is 1.12 bits per heavy atom. The Bertz CT molecular complexity index is 908. The maximum absolute atomic E-state index is 5.41. The summed E-state index contributed by atoms with van der Waals surface area (Å²) in [6.07, 6.45) is 9.80. The molecule has 3 rings (SSSR count). The van der Waals surface area contributed by atoms with Crippen LogP contribution in [0.3, 0.4) is 0 Å². The maximum atomic E-state index is 5.41. The van der Waals surface area contributed by atoms with Gasteiger partial charge in [0.05, 0.1) is 12.8 Å². The molecule has 0 saturated heterocycles. The van der Waals surface area contributed by atoms with Gasteiger partial charge in [0, 0.05) is 35.1 Å². The Kier molecular flexibility index (Phi) is 5.10. The predicted octanol–water partition coefficient (Wildman–Crippen LogP) is 5.16. The lowest BCUT2D eigenvalue weighted by atomic mass is 9.98. The van der Waals surface area contributed by atoms with E-state index in [0.717, 1.165) is 34.0 Å². The Hall–Kier alpha value is -2.27. The SMILES string of the molecule is COc1cc(C)c(-n2ccnc2-c2ccncc2C(C)(C)SC)c(C)c1. The van der Waals surface area contributed by atoms with Gasteiger partial charge < -0.3 is 4.74 Å². The van der Waals surface area contributed by atoms with Crippen molar-refractivity contribution in [2.24, 2.45) is 0 Å². The van der Waals surface area contributed by atoms with Crippen LogP contribution in [0.5, 0.6) is 5.75 Å². The predicted molar refractivity (Wildman–Crippen MR) is 109 cm³/mol. The van der Waals surface area contributed by atoms with Gasteiger partial charge in [-0.25, -0.2) is 4.98 Å². The highest BCUT2D eigenvalue weighted by Crippen LogP contribution is 2.39. The van der Waals surface area contributed by atoms with E-state index in [9.17, 15) is 0 Å². The first-order valence-corrected chi connectivity index (χ1v) is 9.80. The van der Waals surface area contributed by atoms with E-state index in [4.69, 9.17) is 9.72 Å². The largest absolute Gasteiger partial charge is 0.497 e. The van der Waals surface area contributed by atoms with Gasteiger partial charge in [-0.1, -0.05) is 0 Å². The van der Waals surface area contributed by atoms with Crippen LogP contribution in [0.1, 0.15) is 30.5 Å². The third-order valence-electron chi connectivity index (χ3n) is 4.80. The molecular formula is C21H25N3OS. The van der Waals surface area contributed by atoms with E-state index >= 15 is 0 Å². The fraction of sp³-hybridized carbons (Fsp3) is 0.333. The molecule has 0 amide bonds. The molecule has 0 aliphatic carbocycles. The number of nitrogens with zero attached hydrogens (tertiary/aromatic N) is 3. The summed E-state index contributed by atoms with van der Waals surface area (Å²) in [7, 11) is 1.70. The summed E-state index contributed by atoms with van der Waals surface area (Å²) in [6.45, 7) is 8.65. The molecule has 0 spiro atoms. The molecule has 2 aromatic heterocycles. The summed E-state index contributed by atoms with van der Waals surface area (Å²) < 4.78 is 7.52.